The molecule has 0 aromatic heterocycles. The van der Waals surface area contributed by atoms with Crippen LogP contribution in [-0.4, -0.2) is 4.92 Å². The highest BCUT2D eigenvalue weighted by molar-refractivity contribution is 5.37. The summed E-state index contributed by atoms with van der Waals surface area (Å²) in [5.74, 6) is 0. The van der Waals surface area contributed by atoms with Crippen LogP contribution in [-0.2, 0) is 5.11 Å². The van der Waals surface area contributed by atoms with Gasteiger partial charge in [-0.15, -0.1) is 0 Å². The van der Waals surface area contributed by atoms with Crippen molar-refractivity contribution >= 4 is 5.69 Å². The first kappa shape index (κ1) is 11.3. The highest BCUT2D eigenvalue weighted by atomic mass is 16.6. The van der Waals surface area contributed by atoms with Crippen LogP contribution in [0, 0.1) is 10.1 Å². The standard InChI is InChI=1S/C13H10NO3/c15-13(10-4-2-1-3-5-10)11-6-8-12(9-7-11)14(16)17/h1-9,13H. The van der Waals surface area contributed by atoms with Crippen LogP contribution in [0.5, 0.6) is 0 Å². The molecule has 0 saturated heterocycles. The molecule has 4 nitrogen and oxygen atoms in total. The molecule has 85 valence electrons. The molecule has 2 aromatic carbocycles. The molecular weight excluding hydrogens is 218 g/mol. The Bertz CT molecular complexity index is 508. The quantitative estimate of drug-likeness (QED) is 0.598. The number of non-ortho nitro benzene ring substituents is 1. The van der Waals surface area contributed by atoms with E-state index >= 15 is 0 Å². The van der Waals surface area contributed by atoms with Gasteiger partial charge in [0, 0.05) is 12.1 Å². The Balaban J connectivity index is 2.26. The zero-order valence-electron chi connectivity index (χ0n) is 8.95. The molecule has 0 aliphatic rings. The van der Waals surface area contributed by atoms with Gasteiger partial charge in [-0.3, -0.25) is 10.1 Å². The van der Waals surface area contributed by atoms with E-state index in [1.165, 1.54) is 24.3 Å². The van der Waals surface area contributed by atoms with Gasteiger partial charge in [0.15, 0.2) is 0 Å². The number of rotatable bonds is 3. The van der Waals surface area contributed by atoms with Crippen LogP contribution >= 0.6 is 0 Å². The zero-order valence-corrected chi connectivity index (χ0v) is 8.95. The van der Waals surface area contributed by atoms with E-state index in [1.807, 2.05) is 6.07 Å². The average Bonchev–Trinajstić information content (AvgIpc) is 2.39. The van der Waals surface area contributed by atoms with Crippen LogP contribution in [0.15, 0.2) is 54.6 Å². The molecule has 4 heteroatoms. The van der Waals surface area contributed by atoms with Crippen molar-refractivity contribution in [3.63, 3.8) is 0 Å². The maximum absolute atomic E-state index is 12.0. The van der Waals surface area contributed by atoms with Gasteiger partial charge >= 0.3 is 0 Å². The van der Waals surface area contributed by atoms with Crippen molar-refractivity contribution in [3.8, 4) is 0 Å². The van der Waals surface area contributed by atoms with Crippen molar-refractivity contribution in [1.82, 2.24) is 0 Å². The summed E-state index contributed by atoms with van der Waals surface area (Å²) in [6, 6.07) is 14.6. The Hall–Kier alpha value is -2.20. The summed E-state index contributed by atoms with van der Waals surface area (Å²) in [6.45, 7) is 0. The molecule has 2 aromatic rings. The van der Waals surface area contributed by atoms with Crippen molar-refractivity contribution in [3.05, 3.63) is 75.8 Å². The SMILES string of the molecule is [O]C(c1ccccc1)c1ccc([N+](=O)[O-])cc1. The van der Waals surface area contributed by atoms with E-state index in [-0.39, 0.29) is 5.69 Å². The number of nitro groups is 1. The summed E-state index contributed by atoms with van der Waals surface area (Å²) in [5.41, 5.74) is 1.18. The fourth-order valence-electron chi connectivity index (χ4n) is 1.59. The molecule has 0 heterocycles. The number of hydrogen-bond acceptors (Lipinski definition) is 2. The van der Waals surface area contributed by atoms with E-state index in [9.17, 15) is 15.2 Å². The minimum absolute atomic E-state index is 0.00554. The molecule has 17 heavy (non-hydrogen) atoms. The molecule has 1 atom stereocenters. The lowest BCUT2D eigenvalue weighted by Crippen LogP contribution is -1.98. The summed E-state index contributed by atoms with van der Waals surface area (Å²) < 4.78 is 0. The maximum Gasteiger partial charge on any atom is 0.269 e. The minimum Gasteiger partial charge on any atom is -0.258 e. The number of benzene rings is 2. The van der Waals surface area contributed by atoms with Gasteiger partial charge in [0.25, 0.3) is 5.69 Å². The summed E-state index contributed by atoms with van der Waals surface area (Å²) >= 11 is 0. The molecule has 0 amide bonds. The normalized spacial score (nSPS) is 12.1. The fourth-order valence-corrected chi connectivity index (χ4v) is 1.59. The summed E-state index contributed by atoms with van der Waals surface area (Å²) in [6.07, 6.45) is -1.00. The monoisotopic (exact) mass is 228 g/mol. The van der Waals surface area contributed by atoms with Crippen molar-refractivity contribution in [2.24, 2.45) is 0 Å². The minimum atomic E-state index is -1.00. The topological polar surface area (TPSA) is 63.0 Å². The van der Waals surface area contributed by atoms with Gasteiger partial charge in [-0.1, -0.05) is 30.3 Å². The molecule has 0 fully saturated rings. The maximum atomic E-state index is 12.0. The van der Waals surface area contributed by atoms with Crippen LogP contribution in [0.4, 0.5) is 5.69 Å². The number of hydrogen-bond donors (Lipinski definition) is 0. The summed E-state index contributed by atoms with van der Waals surface area (Å²) in [4.78, 5) is 10.00. The van der Waals surface area contributed by atoms with Crippen molar-refractivity contribution < 1.29 is 10.0 Å². The Morgan fingerprint density at radius 2 is 1.41 bits per heavy atom. The number of nitro benzene ring substituents is 1. The Labute approximate surface area is 98.3 Å². The lowest BCUT2D eigenvalue weighted by Gasteiger charge is -2.08. The molecule has 0 bridgehead atoms. The number of nitrogens with zero attached hydrogens (tertiary/aromatic N) is 1. The Morgan fingerprint density at radius 3 is 1.94 bits per heavy atom. The van der Waals surface area contributed by atoms with Crippen LogP contribution in [0.3, 0.4) is 0 Å². The molecule has 0 aliphatic heterocycles. The first-order valence-corrected chi connectivity index (χ1v) is 5.13. The first-order valence-electron chi connectivity index (χ1n) is 5.13. The van der Waals surface area contributed by atoms with Crippen LogP contribution < -0.4 is 0 Å². The first-order chi connectivity index (χ1) is 8.18. The second kappa shape index (κ2) is 4.76. The van der Waals surface area contributed by atoms with Gasteiger partial charge in [0.2, 0.25) is 0 Å². The molecule has 1 unspecified atom stereocenters. The molecule has 0 aliphatic carbocycles. The highest BCUT2D eigenvalue weighted by Crippen LogP contribution is 2.24. The van der Waals surface area contributed by atoms with E-state index < -0.39 is 11.0 Å². The predicted molar refractivity (Wildman–Crippen MR) is 62.1 cm³/mol. The molecule has 0 saturated carbocycles. The van der Waals surface area contributed by atoms with E-state index in [0.717, 1.165) is 0 Å². The van der Waals surface area contributed by atoms with Crippen molar-refractivity contribution in [2.75, 3.05) is 0 Å². The van der Waals surface area contributed by atoms with Crippen molar-refractivity contribution in [2.45, 2.75) is 6.10 Å². The second-order valence-electron chi connectivity index (χ2n) is 3.64. The van der Waals surface area contributed by atoms with Gasteiger partial charge in [0.1, 0.15) is 6.10 Å². The van der Waals surface area contributed by atoms with Crippen LogP contribution in [0.1, 0.15) is 17.2 Å². The lowest BCUT2D eigenvalue weighted by molar-refractivity contribution is -0.384. The molecule has 0 spiro atoms. The molecule has 1 radical (unpaired) electrons. The van der Waals surface area contributed by atoms with Gasteiger partial charge in [-0.25, -0.2) is 5.11 Å². The summed E-state index contributed by atoms with van der Waals surface area (Å²) in [5, 5.41) is 22.5. The van der Waals surface area contributed by atoms with Crippen molar-refractivity contribution in [1.29, 1.82) is 0 Å². The molecule has 2 rings (SSSR count). The van der Waals surface area contributed by atoms with Crippen LogP contribution in [0.2, 0.25) is 0 Å². The average molecular weight is 228 g/mol. The van der Waals surface area contributed by atoms with Gasteiger partial charge in [-0.05, 0) is 23.3 Å². The van der Waals surface area contributed by atoms with E-state index in [4.69, 9.17) is 0 Å². The van der Waals surface area contributed by atoms with E-state index in [2.05, 4.69) is 0 Å². The Morgan fingerprint density at radius 1 is 0.882 bits per heavy atom. The smallest absolute Gasteiger partial charge is 0.258 e. The summed E-state index contributed by atoms with van der Waals surface area (Å²) in [7, 11) is 0. The third-order valence-electron chi connectivity index (χ3n) is 2.51. The van der Waals surface area contributed by atoms with Gasteiger partial charge in [0.05, 0.1) is 4.92 Å². The molecule has 0 N–H and O–H groups in total. The molecular formula is C13H10NO3. The van der Waals surface area contributed by atoms with Gasteiger partial charge < -0.3 is 0 Å². The third-order valence-corrected chi connectivity index (χ3v) is 2.51. The third kappa shape index (κ3) is 2.49. The van der Waals surface area contributed by atoms with E-state index in [1.54, 1.807) is 24.3 Å². The van der Waals surface area contributed by atoms with Gasteiger partial charge in [-0.2, -0.15) is 0 Å². The predicted octanol–water partition coefficient (Wildman–Crippen LogP) is 3.11. The lowest BCUT2D eigenvalue weighted by atomic mass is 10.0. The zero-order chi connectivity index (χ0) is 12.3. The Kier molecular flexibility index (Phi) is 3.16. The van der Waals surface area contributed by atoms with E-state index in [0.29, 0.717) is 11.1 Å². The highest BCUT2D eigenvalue weighted by Gasteiger charge is 2.13. The fraction of sp³-hybridized carbons (Fsp3) is 0.0769. The second-order valence-corrected chi connectivity index (χ2v) is 3.64. The van der Waals surface area contributed by atoms with Crippen LogP contribution in [0.25, 0.3) is 0 Å². The largest absolute Gasteiger partial charge is 0.269 e.